The van der Waals surface area contributed by atoms with Crippen LogP contribution in [0.4, 0.5) is 5.69 Å². The Labute approximate surface area is 145 Å². The average Bonchev–Trinajstić information content (AvgIpc) is 2.65. The van der Waals surface area contributed by atoms with Gasteiger partial charge >= 0.3 is 5.97 Å². The number of anilines is 1. The molecule has 0 aliphatic carbocycles. The lowest BCUT2D eigenvalue weighted by Crippen LogP contribution is -2.23. The van der Waals surface area contributed by atoms with Crippen LogP contribution in [0.25, 0.3) is 0 Å². The lowest BCUT2D eigenvalue weighted by molar-refractivity contribution is -0.149. The van der Waals surface area contributed by atoms with Crippen molar-refractivity contribution < 1.29 is 23.9 Å². The first-order valence-electron chi connectivity index (χ1n) is 7.83. The number of carbonyl (C=O) groups excluding carboxylic acids is 3. The van der Waals surface area contributed by atoms with E-state index in [4.69, 9.17) is 9.47 Å². The molecule has 2 rings (SSSR count). The molecule has 0 saturated carbocycles. The summed E-state index contributed by atoms with van der Waals surface area (Å²) in [6.07, 6.45) is 1.64. The van der Waals surface area contributed by atoms with E-state index < -0.39 is 11.9 Å². The van der Waals surface area contributed by atoms with Crippen LogP contribution >= 0.6 is 0 Å². The summed E-state index contributed by atoms with van der Waals surface area (Å²) in [6.45, 7) is 1.34. The summed E-state index contributed by atoms with van der Waals surface area (Å²) < 4.78 is 10.1. The van der Waals surface area contributed by atoms with Crippen LogP contribution in [0.15, 0.2) is 48.5 Å². The van der Waals surface area contributed by atoms with Gasteiger partial charge in [0.25, 0.3) is 5.91 Å². The Kier molecular flexibility index (Phi) is 6.71. The third-order valence-corrected chi connectivity index (χ3v) is 3.38. The van der Waals surface area contributed by atoms with Gasteiger partial charge in [-0.3, -0.25) is 9.59 Å². The second-order valence-corrected chi connectivity index (χ2v) is 5.23. The first-order valence-corrected chi connectivity index (χ1v) is 7.83. The highest BCUT2D eigenvalue weighted by atomic mass is 16.6. The van der Waals surface area contributed by atoms with Gasteiger partial charge in [-0.2, -0.15) is 0 Å². The molecule has 6 nitrogen and oxygen atoms in total. The minimum absolute atomic E-state index is 0.321. The van der Waals surface area contributed by atoms with Crippen LogP contribution in [0.3, 0.4) is 0 Å². The molecule has 1 amide bonds. The molecule has 0 fully saturated rings. The van der Waals surface area contributed by atoms with Crippen LogP contribution in [0.1, 0.15) is 22.8 Å². The Morgan fingerprint density at radius 2 is 1.68 bits per heavy atom. The molecular weight excluding hydrogens is 322 g/mol. The third kappa shape index (κ3) is 6.10. The van der Waals surface area contributed by atoms with Crippen LogP contribution in [0.5, 0.6) is 5.75 Å². The highest BCUT2D eigenvalue weighted by Gasteiger charge is 2.09. The van der Waals surface area contributed by atoms with E-state index in [-0.39, 0.29) is 13.2 Å². The number of esters is 1. The second-order valence-electron chi connectivity index (χ2n) is 5.23. The van der Waals surface area contributed by atoms with Crippen LogP contribution in [-0.4, -0.2) is 31.4 Å². The Bertz CT molecular complexity index is 722. The maximum Gasteiger partial charge on any atom is 0.344 e. The van der Waals surface area contributed by atoms with E-state index in [2.05, 4.69) is 5.32 Å². The molecule has 0 aliphatic rings. The summed E-state index contributed by atoms with van der Waals surface area (Å²) in [7, 11) is 0. The fourth-order valence-corrected chi connectivity index (χ4v) is 1.99. The molecule has 130 valence electrons. The minimum atomic E-state index is -0.657. The molecule has 0 spiro atoms. The summed E-state index contributed by atoms with van der Waals surface area (Å²) >= 11 is 0. The van der Waals surface area contributed by atoms with E-state index >= 15 is 0 Å². The Hall–Kier alpha value is -3.15. The zero-order chi connectivity index (χ0) is 18.1. The van der Waals surface area contributed by atoms with E-state index in [1.54, 1.807) is 36.4 Å². The van der Waals surface area contributed by atoms with Gasteiger partial charge in [0.1, 0.15) is 12.0 Å². The highest BCUT2D eigenvalue weighted by Crippen LogP contribution is 2.11. The van der Waals surface area contributed by atoms with E-state index in [1.165, 1.54) is 5.56 Å². The fraction of sp³-hybridized carbons (Fsp3) is 0.211. The van der Waals surface area contributed by atoms with Gasteiger partial charge < -0.3 is 14.8 Å². The van der Waals surface area contributed by atoms with Gasteiger partial charge in [-0.05, 0) is 48.4 Å². The highest BCUT2D eigenvalue weighted by molar-refractivity contribution is 5.92. The summed E-state index contributed by atoms with van der Waals surface area (Å²) in [5.74, 6) is -0.646. The summed E-state index contributed by atoms with van der Waals surface area (Å²) in [5, 5.41) is 2.65. The number of amides is 1. The summed E-state index contributed by atoms with van der Waals surface area (Å²) in [5.41, 5.74) is 2.33. The van der Waals surface area contributed by atoms with E-state index in [9.17, 15) is 14.4 Å². The predicted molar refractivity (Wildman–Crippen MR) is 92.7 cm³/mol. The molecule has 0 atom stereocenters. The van der Waals surface area contributed by atoms with Crippen molar-refractivity contribution in [1.82, 2.24) is 0 Å². The number of ether oxygens (including phenoxy) is 2. The number of aryl methyl sites for hydroxylation is 1. The molecule has 25 heavy (non-hydrogen) atoms. The lowest BCUT2D eigenvalue weighted by atomic mass is 10.1. The molecule has 2 aromatic carbocycles. The van der Waals surface area contributed by atoms with E-state index in [0.29, 0.717) is 23.3 Å². The summed E-state index contributed by atoms with van der Waals surface area (Å²) in [6, 6.07) is 13.7. The monoisotopic (exact) mass is 341 g/mol. The maximum atomic E-state index is 11.8. The third-order valence-electron chi connectivity index (χ3n) is 3.38. The number of carbonyl (C=O) groups is 3. The van der Waals surface area contributed by atoms with Crippen molar-refractivity contribution in [2.24, 2.45) is 0 Å². The van der Waals surface area contributed by atoms with Crippen LogP contribution in [0, 0.1) is 0 Å². The Morgan fingerprint density at radius 3 is 2.28 bits per heavy atom. The van der Waals surface area contributed by atoms with Gasteiger partial charge in [-0.1, -0.05) is 19.1 Å². The first kappa shape index (κ1) is 18.2. The fourth-order valence-electron chi connectivity index (χ4n) is 1.99. The second kappa shape index (κ2) is 9.22. The van der Waals surface area contributed by atoms with Crippen LogP contribution in [0.2, 0.25) is 0 Å². The van der Waals surface area contributed by atoms with Crippen molar-refractivity contribution in [1.29, 1.82) is 0 Å². The number of nitrogens with one attached hydrogen (secondary N) is 1. The number of hydrogen-bond donors (Lipinski definition) is 1. The number of benzene rings is 2. The quantitative estimate of drug-likeness (QED) is 0.589. The SMILES string of the molecule is CCc1ccc(NC(=O)COC(=O)COc2ccc(C=O)cc2)cc1. The zero-order valence-corrected chi connectivity index (χ0v) is 13.9. The standard InChI is InChI=1S/C19H19NO5/c1-2-14-3-7-16(8-4-14)20-18(22)12-25-19(23)13-24-17-9-5-15(11-21)6-10-17/h3-11H,2,12-13H2,1H3,(H,20,22). The van der Waals surface area contributed by atoms with Gasteiger partial charge in [0.15, 0.2) is 13.2 Å². The Balaban J connectivity index is 1.71. The molecule has 0 aromatic heterocycles. The molecule has 2 aromatic rings. The molecule has 1 N–H and O–H groups in total. The van der Waals surface area contributed by atoms with Gasteiger partial charge in [0, 0.05) is 11.3 Å². The topological polar surface area (TPSA) is 81.7 Å². The minimum Gasteiger partial charge on any atom is -0.482 e. The van der Waals surface area contributed by atoms with Crippen molar-refractivity contribution in [3.8, 4) is 5.75 Å². The normalized spacial score (nSPS) is 9.96. The van der Waals surface area contributed by atoms with Gasteiger partial charge in [-0.25, -0.2) is 4.79 Å². The van der Waals surface area contributed by atoms with Crippen molar-refractivity contribution in [3.05, 3.63) is 59.7 Å². The van der Waals surface area contributed by atoms with Crippen LogP contribution < -0.4 is 10.1 Å². The summed E-state index contributed by atoms with van der Waals surface area (Å²) in [4.78, 5) is 33.9. The molecule has 0 unspecified atom stereocenters. The Morgan fingerprint density at radius 1 is 1.00 bits per heavy atom. The number of rotatable bonds is 8. The number of aldehydes is 1. The number of hydrogen-bond acceptors (Lipinski definition) is 5. The van der Waals surface area contributed by atoms with Crippen molar-refractivity contribution in [2.75, 3.05) is 18.5 Å². The van der Waals surface area contributed by atoms with Gasteiger partial charge in [0.2, 0.25) is 0 Å². The van der Waals surface area contributed by atoms with Crippen molar-refractivity contribution in [2.45, 2.75) is 13.3 Å². The molecule has 6 heteroatoms. The van der Waals surface area contributed by atoms with Gasteiger partial charge in [-0.15, -0.1) is 0 Å². The lowest BCUT2D eigenvalue weighted by Gasteiger charge is -2.08. The maximum absolute atomic E-state index is 11.8. The molecular formula is C19H19NO5. The van der Waals surface area contributed by atoms with E-state index in [0.717, 1.165) is 6.42 Å². The molecule has 0 radical (unpaired) electrons. The van der Waals surface area contributed by atoms with Crippen LogP contribution in [-0.2, 0) is 20.7 Å². The first-order chi connectivity index (χ1) is 12.1. The molecule has 0 aliphatic heterocycles. The molecule has 0 saturated heterocycles. The molecule has 0 bridgehead atoms. The van der Waals surface area contributed by atoms with Crippen molar-refractivity contribution in [3.63, 3.8) is 0 Å². The smallest absolute Gasteiger partial charge is 0.344 e. The average molecular weight is 341 g/mol. The predicted octanol–water partition coefficient (Wildman–Crippen LogP) is 2.62. The largest absolute Gasteiger partial charge is 0.482 e. The van der Waals surface area contributed by atoms with Crippen molar-refractivity contribution >= 4 is 23.9 Å². The zero-order valence-electron chi connectivity index (χ0n) is 13.9. The molecule has 0 heterocycles. The van der Waals surface area contributed by atoms with Gasteiger partial charge in [0.05, 0.1) is 0 Å². The van der Waals surface area contributed by atoms with E-state index in [1.807, 2.05) is 19.1 Å².